The zero-order chi connectivity index (χ0) is 35.1. The number of hydrogen-bond donors (Lipinski definition) is 2. The van der Waals surface area contributed by atoms with Crippen LogP contribution < -0.4 is 10.2 Å². The minimum atomic E-state index is -1.08. The molecule has 2 unspecified atom stereocenters. The van der Waals surface area contributed by atoms with E-state index < -0.39 is 29.6 Å². The number of carbonyl (C=O) groups excluding carboxylic acids is 2. The highest BCUT2D eigenvalue weighted by molar-refractivity contribution is 7.11. The largest absolute Gasteiger partial charge is 0.478 e. The molecule has 3 aromatic carbocycles. The van der Waals surface area contributed by atoms with Gasteiger partial charge in [-0.3, -0.25) is 14.8 Å². The summed E-state index contributed by atoms with van der Waals surface area (Å²) in [4.78, 5) is 53.0. The summed E-state index contributed by atoms with van der Waals surface area (Å²) in [6.07, 6.45) is 1.64. The molecule has 2 fully saturated rings. The summed E-state index contributed by atoms with van der Waals surface area (Å²) in [5.41, 5.74) is 2.51. The van der Waals surface area contributed by atoms with Crippen LogP contribution in [0.4, 0.5) is 19.3 Å². The predicted octanol–water partition coefficient (Wildman–Crippen LogP) is 5.58. The molecule has 50 heavy (non-hydrogen) atoms. The summed E-state index contributed by atoms with van der Waals surface area (Å²) in [6, 6.07) is 13.0. The number of urea groups is 1. The van der Waals surface area contributed by atoms with E-state index in [9.17, 15) is 28.3 Å². The Morgan fingerprint density at radius 2 is 1.88 bits per heavy atom. The lowest BCUT2D eigenvalue weighted by Crippen LogP contribution is -2.53. The van der Waals surface area contributed by atoms with Crippen molar-refractivity contribution in [1.82, 2.24) is 20.1 Å². The van der Waals surface area contributed by atoms with Gasteiger partial charge < -0.3 is 20.1 Å². The first-order valence-corrected chi connectivity index (χ1v) is 16.8. The molecule has 256 valence electrons. The van der Waals surface area contributed by atoms with E-state index in [0.717, 1.165) is 0 Å². The molecule has 2 amide bonds. The number of fused-ring (bicyclic) bond motifs is 1. The van der Waals surface area contributed by atoms with Crippen molar-refractivity contribution in [2.24, 2.45) is 4.99 Å². The minimum absolute atomic E-state index is 0.0841. The molecule has 3 aliphatic rings. The average molecular weight is 719 g/mol. The van der Waals surface area contributed by atoms with Crippen LogP contribution in [-0.4, -0.2) is 89.6 Å². The fourth-order valence-corrected chi connectivity index (χ4v) is 7.38. The van der Waals surface area contributed by atoms with E-state index >= 15 is 0 Å². The molecule has 0 spiro atoms. The second kappa shape index (κ2) is 13.6. The first-order valence-electron chi connectivity index (χ1n) is 15.6. The zero-order valence-corrected chi connectivity index (χ0v) is 28.0. The van der Waals surface area contributed by atoms with Crippen LogP contribution in [0.2, 0.25) is 5.02 Å². The number of amides is 2. The lowest BCUT2D eigenvalue weighted by Gasteiger charge is -2.38. The van der Waals surface area contributed by atoms with E-state index in [1.54, 1.807) is 33.5 Å². The van der Waals surface area contributed by atoms with Gasteiger partial charge in [-0.15, -0.1) is 11.3 Å². The number of anilines is 1. The van der Waals surface area contributed by atoms with E-state index in [2.05, 4.69) is 15.2 Å². The normalized spacial score (nSPS) is 19.3. The molecule has 0 radical (unpaired) electrons. The lowest BCUT2D eigenvalue weighted by molar-refractivity contribution is -0.136. The molecule has 2 N–H and O–H groups in total. The van der Waals surface area contributed by atoms with Crippen molar-refractivity contribution in [3.05, 3.63) is 116 Å². The maximum atomic E-state index is 15.0. The van der Waals surface area contributed by atoms with Crippen LogP contribution in [0, 0.1) is 11.6 Å². The summed E-state index contributed by atoms with van der Waals surface area (Å²) in [6.45, 7) is 1.99. The number of aliphatic imine (C=N–C) groups is 1. The number of amidine groups is 1. The lowest BCUT2D eigenvalue weighted by atomic mass is 9.95. The van der Waals surface area contributed by atoms with E-state index in [-0.39, 0.29) is 40.3 Å². The van der Waals surface area contributed by atoms with E-state index in [4.69, 9.17) is 21.3 Å². The van der Waals surface area contributed by atoms with Gasteiger partial charge in [-0.2, -0.15) is 0 Å². The van der Waals surface area contributed by atoms with Crippen molar-refractivity contribution >= 4 is 52.4 Å². The van der Waals surface area contributed by atoms with Crippen molar-refractivity contribution in [1.29, 1.82) is 0 Å². The third kappa shape index (κ3) is 6.32. The molecule has 2 saturated heterocycles. The summed E-state index contributed by atoms with van der Waals surface area (Å²) in [7, 11) is 1.28. The van der Waals surface area contributed by atoms with E-state index in [1.807, 2.05) is 0 Å². The number of nitrogens with one attached hydrogen (secondary N) is 1. The Morgan fingerprint density at radius 3 is 2.58 bits per heavy atom. The van der Waals surface area contributed by atoms with Crippen LogP contribution in [0.1, 0.15) is 27.0 Å². The van der Waals surface area contributed by atoms with Gasteiger partial charge in [0.05, 0.1) is 24.3 Å². The number of benzene rings is 3. The SMILES string of the molecule is COC(=O)C1=C(CN2CCN3C(=O)N(c4ccc(F)c(-c5ccc(C(=O)O)cc5)c4)CC3C2)NC(c2nccs2)=NC1c1ccc(F)cc1Cl. The summed E-state index contributed by atoms with van der Waals surface area (Å²) < 4.78 is 34.2. The number of carboxylic acid groups (broad SMARTS) is 1. The van der Waals surface area contributed by atoms with E-state index in [1.165, 1.54) is 67.0 Å². The van der Waals surface area contributed by atoms with Gasteiger partial charge in [0.15, 0.2) is 10.8 Å². The fraction of sp³-hybridized carbons (Fsp3) is 0.229. The van der Waals surface area contributed by atoms with Crippen LogP contribution in [0.3, 0.4) is 0 Å². The van der Waals surface area contributed by atoms with Gasteiger partial charge in [0.25, 0.3) is 0 Å². The van der Waals surface area contributed by atoms with E-state index in [0.29, 0.717) is 59.5 Å². The van der Waals surface area contributed by atoms with Crippen molar-refractivity contribution in [3.63, 3.8) is 0 Å². The molecule has 1 aromatic heterocycles. The number of halogens is 3. The standard InChI is InChI=1S/C35H29ClF2N6O5S/c1-49-34(47)29-28(40-31(32-39-10-13-50-32)41-30(29)24-8-6-21(37)14-26(24)36)18-42-11-12-43-23(16-42)17-44(35(43)48)22-7-9-27(38)25(15-22)19-2-4-20(5-3-19)33(45)46/h2-10,13-15,23,30H,11-12,16-18H2,1H3,(H,40,41)(H,45,46). The molecular weight excluding hydrogens is 690 g/mol. The quantitative estimate of drug-likeness (QED) is 0.226. The van der Waals surface area contributed by atoms with Crippen LogP contribution >= 0.6 is 22.9 Å². The highest BCUT2D eigenvalue weighted by atomic mass is 35.5. The Labute approximate surface area is 294 Å². The molecule has 11 nitrogen and oxygen atoms in total. The number of aromatic nitrogens is 1. The number of rotatable bonds is 8. The van der Waals surface area contributed by atoms with Crippen LogP contribution in [0.25, 0.3) is 11.1 Å². The highest BCUT2D eigenvalue weighted by Gasteiger charge is 2.42. The molecule has 0 bridgehead atoms. The first kappa shape index (κ1) is 33.3. The van der Waals surface area contributed by atoms with Crippen LogP contribution in [-0.2, 0) is 9.53 Å². The summed E-state index contributed by atoms with van der Waals surface area (Å²) in [5.74, 6) is -2.29. The third-order valence-corrected chi connectivity index (χ3v) is 10.1. The number of methoxy groups -OCH3 is 1. The monoisotopic (exact) mass is 718 g/mol. The van der Waals surface area contributed by atoms with Crippen molar-refractivity contribution in [2.45, 2.75) is 12.1 Å². The van der Waals surface area contributed by atoms with Crippen LogP contribution in [0.5, 0.6) is 0 Å². The molecule has 0 aliphatic carbocycles. The number of aromatic carboxylic acids is 1. The first-order chi connectivity index (χ1) is 24.1. The number of carbonyl (C=O) groups is 3. The van der Waals surface area contributed by atoms with Crippen molar-refractivity contribution in [3.8, 4) is 11.1 Å². The van der Waals surface area contributed by atoms with Crippen LogP contribution in [0.15, 0.2) is 88.5 Å². The van der Waals surface area contributed by atoms with Gasteiger partial charge >= 0.3 is 18.0 Å². The average Bonchev–Trinajstić information content (AvgIpc) is 3.76. The van der Waals surface area contributed by atoms with Crippen molar-refractivity contribution < 1.29 is 33.0 Å². The van der Waals surface area contributed by atoms with Gasteiger partial charge in [0.1, 0.15) is 17.7 Å². The maximum Gasteiger partial charge on any atom is 0.338 e. The second-order valence-corrected chi connectivity index (χ2v) is 13.2. The number of hydrogen-bond acceptors (Lipinski definition) is 9. The smallest absolute Gasteiger partial charge is 0.338 e. The Kier molecular flexibility index (Phi) is 9.07. The number of carboxylic acids is 1. The van der Waals surface area contributed by atoms with Gasteiger partial charge in [-0.05, 0) is 48.0 Å². The molecule has 0 saturated carbocycles. The summed E-state index contributed by atoms with van der Waals surface area (Å²) in [5, 5.41) is 15.0. The number of piperazine rings is 1. The molecule has 7 rings (SSSR count). The van der Waals surface area contributed by atoms with Gasteiger partial charge in [-0.25, -0.2) is 28.1 Å². The maximum absolute atomic E-state index is 15.0. The number of nitrogens with zero attached hydrogens (tertiary/aromatic N) is 5. The molecule has 2 atom stereocenters. The van der Waals surface area contributed by atoms with Gasteiger partial charge in [0.2, 0.25) is 0 Å². The van der Waals surface area contributed by atoms with Gasteiger partial charge in [-0.1, -0.05) is 29.8 Å². The topological polar surface area (TPSA) is 128 Å². The van der Waals surface area contributed by atoms with Gasteiger partial charge in [0, 0.05) is 71.8 Å². The fourth-order valence-electron chi connectivity index (χ4n) is 6.52. The number of thiazole rings is 1. The predicted molar refractivity (Wildman–Crippen MR) is 183 cm³/mol. The summed E-state index contributed by atoms with van der Waals surface area (Å²) >= 11 is 7.85. The molecule has 4 heterocycles. The minimum Gasteiger partial charge on any atom is -0.478 e. The molecular formula is C35H29ClF2N6O5S. The highest BCUT2D eigenvalue weighted by Crippen LogP contribution is 2.37. The Morgan fingerprint density at radius 1 is 1.08 bits per heavy atom. The Balaban J connectivity index is 1.15. The second-order valence-electron chi connectivity index (χ2n) is 11.9. The van der Waals surface area contributed by atoms with Crippen molar-refractivity contribution in [2.75, 3.05) is 44.7 Å². The molecule has 3 aliphatic heterocycles. The number of esters is 1. The molecule has 4 aromatic rings. The molecule has 15 heteroatoms. The zero-order valence-electron chi connectivity index (χ0n) is 26.5. The Hall–Kier alpha value is -5.18. The number of ether oxygens (including phenoxy) is 1. The Bertz CT molecular complexity index is 2060. The third-order valence-electron chi connectivity index (χ3n) is 8.95.